The molecule has 0 radical (unpaired) electrons. The second-order valence-corrected chi connectivity index (χ2v) is 8.31. The minimum absolute atomic E-state index is 0.200. The van der Waals surface area contributed by atoms with Crippen LogP contribution in [0.2, 0.25) is 0 Å². The maximum Gasteiger partial charge on any atom is 0.316 e. The number of ether oxygens (including phenoxy) is 2. The van der Waals surface area contributed by atoms with Gasteiger partial charge in [0.25, 0.3) is 0 Å². The Balaban J connectivity index is 0.00000206. The predicted molar refractivity (Wildman–Crippen MR) is 118 cm³/mol. The molecule has 0 aliphatic carbocycles. The van der Waals surface area contributed by atoms with Crippen molar-refractivity contribution in [2.45, 2.75) is 92.1 Å². The van der Waals surface area contributed by atoms with Crippen LogP contribution >= 0.6 is 0 Å². The molecule has 7 heteroatoms. The Hall–Kier alpha value is -1.75. The van der Waals surface area contributed by atoms with Gasteiger partial charge in [0, 0.05) is 24.9 Å². The number of ketones is 2. The minimum atomic E-state index is -1.41. The molecular formula is C24H40O7. The third-order valence-corrected chi connectivity index (χ3v) is 5.93. The number of hydrogen-bond acceptors (Lipinski definition) is 7. The van der Waals surface area contributed by atoms with E-state index in [2.05, 4.69) is 11.8 Å². The zero-order valence-electron chi connectivity index (χ0n) is 20.2. The van der Waals surface area contributed by atoms with E-state index in [9.17, 15) is 24.6 Å². The van der Waals surface area contributed by atoms with Crippen LogP contribution in [0.25, 0.3) is 0 Å². The molecular weight excluding hydrogens is 400 g/mol. The molecule has 5 unspecified atom stereocenters. The molecule has 31 heavy (non-hydrogen) atoms. The summed E-state index contributed by atoms with van der Waals surface area (Å²) >= 11 is 0. The molecule has 1 aliphatic rings. The van der Waals surface area contributed by atoms with Crippen molar-refractivity contribution in [3.8, 4) is 11.8 Å². The molecule has 8 atom stereocenters. The summed E-state index contributed by atoms with van der Waals surface area (Å²) in [5.41, 5.74) is 0. The summed E-state index contributed by atoms with van der Waals surface area (Å²) in [5, 5.41) is 20.9. The van der Waals surface area contributed by atoms with E-state index in [0.717, 1.165) is 0 Å². The van der Waals surface area contributed by atoms with Gasteiger partial charge in [-0.2, -0.15) is 0 Å². The minimum Gasteiger partial charge on any atom is -0.459 e. The van der Waals surface area contributed by atoms with Gasteiger partial charge in [-0.1, -0.05) is 27.7 Å². The Bertz CT molecular complexity index is 642. The number of hydrogen-bond donors (Lipinski definition) is 2. The van der Waals surface area contributed by atoms with Crippen LogP contribution in [-0.2, 0) is 23.9 Å². The number of aliphatic hydroxyl groups excluding tert-OH is 2. The third kappa shape index (κ3) is 8.72. The summed E-state index contributed by atoms with van der Waals surface area (Å²) in [6, 6.07) is 0. The summed E-state index contributed by atoms with van der Waals surface area (Å²) in [6.07, 6.45) is -3.05. The van der Waals surface area contributed by atoms with E-state index >= 15 is 0 Å². The van der Waals surface area contributed by atoms with Crippen molar-refractivity contribution >= 4 is 17.5 Å². The van der Waals surface area contributed by atoms with Crippen LogP contribution in [0.15, 0.2) is 0 Å². The van der Waals surface area contributed by atoms with Crippen LogP contribution in [0.4, 0.5) is 0 Å². The molecule has 0 aromatic carbocycles. The van der Waals surface area contributed by atoms with Crippen LogP contribution in [0.5, 0.6) is 0 Å². The molecule has 0 bridgehead atoms. The van der Waals surface area contributed by atoms with Crippen LogP contribution in [0, 0.1) is 35.5 Å². The molecule has 0 saturated carbocycles. The van der Waals surface area contributed by atoms with Crippen molar-refractivity contribution in [2.75, 3.05) is 7.11 Å². The molecule has 0 spiro atoms. The van der Waals surface area contributed by atoms with Gasteiger partial charge in [0.2, 0.25) is 0 Å². The SMILES string of the molecule is CC#CC.CC[C@H]1OC(=O)C(C)C(=O)[C@H](C)CC(OC)C[C@@H](C)C(=O)C(C)C(O)C1O. The van der Waals surface area contributed by atoms with E-state index in [0.29, 0.717) is 12.8 Å². The molecule has 1 heterocycles. The highest BCUT2D eigenvalue weighted by molar-refractivity contribution is 5.99. The number of esters is 1. The Kier molecular flexibility index (Phi) is 13.5. The first kappa shape index (κ1) is 29.2. The van der Waals surface area contributed by atoms with Crippen LogP contribution < -0.4 is 0 Å². The molecule has 0 aromatic heterocycles. The van der Waals surface area contributed by atoms with Crippen LogP contribution in [0.3, 0.4) is 0 Å². The summed E-state index contributed by atoms with van der Waals surface area (Å²) in [4.78, 5) is 37.7. The lowest BCUT2D eigenvalue weighted by molar-refractivity contribution is -0.169. The lowest BCUT2D eigenvalue weighted by atomic mass is 9.82. The first-order valence-corrected chi connectivity index (χ1v) is 11.0. The normalized spacial score (nSPS) is 35.6. The molecule has 1 rings (SSSR count). The van der Waals surface area contributed by atoms with E-state index in [1.807, 2.05) is 13.8 Å². The quantitative estimate of drug-likeness (QED) is 0.386. The zero-order chi connectivity index (χ0) is 24.3. The fourth-order valence-corrected chi connectivity index (χ4v) is 3.63. The number of rotatable bonds is 2. The molecule has 0 aromatic rings. The fraction of sp³-hybridized carbons (Fsp3) is 0.792. The molecule has 2 N–H and O–H groups in total. The van der Waals surface area contributed by atoms with E-state index in [1.165, 1.54) is 14.0 Å². The van der Waals surface area contributed by atoms with Crippen molar-refractivity contribution in [1.82, 2.24) is 0 Å². The van der Waals surface area contributed by atoms with Crippen molar-refractivity contribution < 1.29 is 34.1 Å². The van der Waals surface area contributed by atoms with Crippen LogP contribution in [-0.4, -0.2) is 59.3 Å². The first-order chi connectivity index (χ1) is 14.5. The molecule has 1 saturated heterocycles. The average Bonchev–Trinajstić information content (AvgIpc) is 2.77. The summed E-state index contributed by atoms with van der Waals surface area (Å²) in [6.45, 7) is 11.9. The van der Waals surface area contributed by atoms with E-state index in [4.69, 9.17) is 9.47 Å². The monoisotopic (exact) mass is 440 g/mol. The standard InChI is InChI=1S/C20H34O7.C4H6/c1-7-15-19(24)18(23)12(4)16(21)10(2)8-14(26-6)9-11(3)17(22)13(5)20(25)27-15;1-3-4-2/h10-15,18-19,23-24H,7-9H2,1-6H3;1-2H3/t10-,11-,12?,13?,14?,15-,18?,19?;/m1./s1. The smallest absolute Gasteiger partial charge is 0.316 e. The highest BCUT2D eigenvalue weighted by Crippen LogP contribution is 2.26. The van der Waals surface area contributed by atoms with E-state index in [1.54, 1.807) is 27.7 Å². The zero-order valence-corrected chi connectivity index (χ0v) is 20.2. The lowest BCUT2D eigenvalue weighted by Gasteiger charge is -2.32. The van der Waals surface area contributed by atoms with Gasteiger partial charge in [-0.3, -0.25) is 14.4 Å². The second kappa shape index (κ2) is 14.3. The Morgan fingerprint density at radius 2 is 1.42 bits per heavy atom. The first-order valence-electron chi connectivity index (χ1n) is 11.0. The van der Waals surface area contributed by atoms with Crippen molar-refractivity contribution in [3.63, 3.8) is 0 Å². The number of carbonyl (C=O) groups is 3. The molecule has 7 nitrogen and oxygen atoms in total. The van der Waals surface area contributed by atoms with Gasteiger partial charge in [0.1, 0.15) is 29.7 Å². The fourth-order valence-electron chi connectivity index (χ4n) is 3.63. The largest absolute Gasteiger partial charge is 0.459 e. The van der Waals surface area contributed by atoms with Gasteiger partial charge in [0.05, 0.1) is 12.2 Å². The predicted octanol–water partition coefficient (Wildman–Crippen LogP) is 2.55. The maximum atomic E-state index is 12.7. The number of cyclic esters (lactones) is 1. The number of Topliss-reactive ketones (excluding diaryl/α,β-unsaturated/α-hetero) is 2. The van der Waals surface area contributed by atoms with Crippen LogP contribution in [0.1, 0.15) is 67.7 Å². The lowest BCUT2D eigenvalue weighted by Crippen LogP contribution is -2.47. The third-order valence-electron chi connectivity index (χ3n) is 5.93. The second-order valence-electron chi connectivity index (χ2n) is 8.31. The highest BCUT2D eigenvalue weighted by Gasteiger charge is 2.39. The number of aliphatic hydroxyl groups is 2. The van der Waals surface area contributed by atoms with Crippen molar-refractivity contribution in [1.29, 1.82) is 0 Å². The molecule has 1 aliphatic heterocycles. The molecule has 1 fully saturated rings. The highest BCUT2D eigenvalue weighted by atomic mass is 16.6. The summed E-state index contributed by atoms with van der Waals surface area (Å²) in [5.74, 6) is 1.52. The van der Waals surface area contributed by atoms with Gasteiger partial charge in [-0.05, 0) is 40.0 Å². The average molecular weight is 441 g/mol. The maximum absolute atomic E-state index is 12.7. The van der Waals surface area contributed by atoms with Gasteiger partial charge in [-0.15, -0.1) is 11.8 Å². The van der Waals surface area contributed by atoms with E-state index < -0.39 is 48.0 Å². The Morgan fingerprint density at radius 1 is 0.935 bits per heavy atom. The number of methoxy groups -OCH3 is 1. The van der Waals surface area contributed by atoms with Gasteiger partial charge in [0.15, 0.2) is 0 Å². The van der Waals surface area contributed by atoms with Gasteiger partial charge >= 0.3 is 5.97 Å². The van der Waals surface area contributed by atoms with Crippen molar-refractivity contribution in [3.05, 3.63) is 0 Å². The summed E-state index contributed by atoms with van der Waals surface area (Å²) < 4.78 is 10.7. The molecule has 0 amide bonds. The van der Waals surface area contributed by atoms with Gasteiger partial charge < -0.3 is 19.7 Å². The Morgan fingerprint density at radius 3 is 1.84 bits per heavy atom. The number of carbonyl (C=O) groups excluding carboxylic acids is 3. The Labute approximate surface area is 186 Å². The van der Waals surface area contributed by atoms with Gasteiger partial charge in [-0.25, -0.2) is 0 Å². The van der Waals surface area contributed by atoms with Crippen molar-refractivity contribution in [2.24, 2.45) is 23.7 Å². The van der Waals surface area contributed by atoms with E-state index in [-0.39, 0.29) is 24.1 Å². The molecule has 178 valence electrons. The summed E-state index contributed by atoms with van der Waals surface area (Å²) in [7, 11) is 1.52. The topological polar surface area (TPSA) is 110 Å².